The third-order valence-corrected chi connectivity index (χ3v) is 7.49. The van der Waals surface area contributed by atoms with Crippen LogP contribution in [0.4, 0.5) is 8.78 Å². The summed E-state index contributed by atoms with van der Waals surface area (Å²) < 4.78 is 40.8. The van der Waals surface area contributed by atoms with E-state index >= 15 is 0 Å². The van der Waals surface area contributed by atoms with Gasteiger partial charge in [-0.2, -0.15) is 5.10 Å². The summed E-state index contributed by atoms with van der Waals surface area (Å²) in [6.45, 7) is 7.83. The number of amides is 1. The van der Waals surface area contributed by atoms with Gasteiger partial charge in [0.05, 0.1) is 23.5 Å². The number of halogens is 2. The molecule has 2 aliphatic rings. The fourth-order valence-corrected chi connectivity index (χ4v) is 5.65. The van der Waals surface area contributed by atoms with Crippen LogP contribution in [-0.4, -0.2) is 32.4 Å². The maximum Gasteiger partial charge on any atom is 0.249 e. The number of nitrogens with zero attached hydrogens (tertiary/aromatic N) is 4. The van der Waals surface area contributed by atoms with Crippen LogP contribution in [0.25, 0.3) is 11.3 Å². The molecule has 2 heterocycles. The molecule has 35 heavy (non-hydrogen) atoms. The van der Waals surface area contributed by atoms with E-state index in [4.69, 9.17) is 9.15 Å². The first kappa shape index (κ1) is 23.5. The SMILES string of the molecule is CC[C@@H](O[C@@]12CC[C@@H](c3cc(-c4c(F)cccc4F)nnc31)C2(C)C)C(=O)NCc1nnc(C)o1. The molecule has 10 heteroatoms. The molecule has 3 atom stereocenters. The fourth-order valence-electron chi connectivity index (χ4n) is 5.65. The van der Waals surface area contributed by atoms with Crippen molar-refractivity contribution in [3.63, 3.8) is 0 Å². The van der Waals surface area contributed by atoms with Crippen LogP contribution in [0, 0.1) is 24.0 Å². The Morgan fingerprint density at radius 3 is 2.63 bits per heavy atom. The van der Waals surface area contributed by atoms with Crippen molar-refractivity contribution in [2.45, 2.75) is 71.1 Å². The van der Waals surface area contributed by atoms with Crippen molar-refractivity contribution in [1.82, 2.24) is 25.7 Å². The number of aromatic nitrogens is 4. The zero-order valence-corrected chi connectivity index (χ0v) is 20.1. The largest absolute Gasteiger partial charge is 0.424 e. The highest BCUT2D eigenvalue weighted by atomic mass is 19.1. The van der Waals surface area contributed by atoms with E-state index in [-0.39, 0.29) is 29.6 Å². The van der Waals surface area contributed by atoms with Gasteiger partial charge in [-0.25, -0.2) is 8.78 Å². The lowest BCUT2D eigenvalue weighted by Gasteiger charge is -2.40. The van der Waals surface area contributed by atoms with Gasteiger partial charge in [0.2, 0.25) is 17.7 Å². The third-order valence-electron chi connectivity index (χ3n) is 7.49. The molecule has 2 aromatic heterocycles. The number of benzene rings is 1. The van der Waals surface area contributed by atoms with Gasteiger partial charge in [0, 0.05) is 12.3 Å². The number of fused-ring (bicyclic) bond motifs is 5. The van der Waals surface area contributed by atoms with E-state index in [0.717, 1.165) is 12.0 Å². The van der Waals surface area contributed by atoms with Gasteiger partial charge in [-0.15, -0.1) is 15.3 Å². The van der Waals surface area contributed by atoms with Crippen LogP contribution in [-0.2, 0) is 21.7 Å². The maximum atomic E-state index is 14.4. The van der Waals surface area contributed by atoms with Crippen LogP contribution < -0.4 is 5.32 Å². The van der Waals surface area contributed by atoms with Crippen molar-refractivity contribution in [3.8, 4) is 11.3 Å². The number of hydrogen-bond acceptors (Lipinski definition) is 7. The molecule has 2 aliphatic carbocycles. The number of rotatable bonds is 7. The Morgan fingerprint density at radius 1 is 1.23 bits per heavy atom. The zero-order chi connectivity index (χ0) is 25.0. The molecule has 0 radical (unpaired) electrons. The molecule has 0 aliphatic heterocycles. The number of nitrogens with one attached hydrogen (secondary N) is 1. The van der Waals surface area contributed by atoms with Crippen LogP contribution in [0.2, 0.25) is 0 Å². The molecule has 1 aromatic carbocycles. The Bertz CT molecular complexity index is 1270. The van der Waals surface area contributed by atoms with E-state index in [0.29, 0.717) is 30.3 Å². The second-order valence-electron chi connectivity index (χ2n) is 9.72. The average molecular weight is 484 g/mol. The summed E-state index contributed by atoms with van der Waals surface area (Å²) in [6, 6.07) is 5.44. The van der Waals surface area contributed by atoms with Crippen LogP contribution in [0.1, 0.15) is 69.0 Å². The molecule has 0 saturated heterocycles. The van der Waals surface area contributed by atoms with E-state index in [1.54, 1.807) is 13.0 Å². The van der Waals surface area contributed by atoms with Gasteiger partial charge in [0.15, 0.2) is 0 Å². The highest BCUT2D eigenvalue weighted by molar-refractivity contribution is 5.80. The minimum Gasteiger partial charge on any atom is -0.424 e. The number of carbonyl (C=O) groups excluding carboxylic acids is 1. The average Bonchev–Trinajstić information content (AvgIpc) is 3.41. The van der Waals surface area contributed by atoms with Gasteiger partial charge < -0.3 is 14.5 Å². The van der Waals surface area contributed by atoms with Gasteiger partial charge in [-0.05, 0) is 48.9 Å². The lowest BCUT2D eigenvalue weighted by atomic mass is 9.77. The molecule has 3 aromatic rings. The maximum absolute atomic E-state index is 14.4. The molecular formula is C25H27F2N5O3. The summed E-state index contributed by atoms with van der Waals surface area (Å²) in [5, 5.41) is 19.1. The molecule has 2 bridgehead atoms. The molecule has 1 saturated carbocycles. The minimum absolute atomic E-state index is 0.0588. The van der Waals surface area contributed by atoms with Crippen LogP contribution in [0.5, 0.6) is 0 Å². The van der Waals surface area contributed by atoms with Crippen molar-refractivity contribution in [1.29, 1.82) is 0 Å². The van der Waals surface area contributed by atoms with E-state index in [1.165, 1.54) is 18.2 Å². The molecule has 184 valence electrons. The molecule has 1 fully saturated rings. The Balaban J connectivity index is 1.45. The molecule has 0 spiro atoms. The Kier molecular flexibility index (Phi) is 5.66. The van der Waals surface area contributed by atoms with Crippen molar-refractivity contribution >= 4 is 5.91 Å². The Morgan fingerprint density at radius 2 is 1.97 bits per heavy atom. The van der Waals surface area contributed by atoms with Crippen LogP contribution >= 0.6 is 0 Å². The highest BCUT2D eigenvalue weighted by Crippen LogP contribution is 2.68. The molecular weight excluding hydrogens is 456 g/mol. The highest BCUT2D eigenvalue weighted by Gasteiger charge is 2.65. The second kappa shape index (κ2) is 8.44. The Hall–Kier alpha value is -3.27. The van der Waals surface area contributed by atoms with E-state index in [1.807, 2.05) is 6.92 Å². The molecule has 0 unspecified atom stereocenters. The number of ether oxygens (including phenoxy) is 1. The topological polar surface area (TPSA) is 103 Å². The quantitative estimate of drug-likeness (QED) is 0.533. The number of aryl methyl sites for hydroxylation is 1. The first-order valence-corrected chi connectivity index (χ1v) is 11.7. The molecule has 1 amide bonds. The summed E-state index contributed by atoms with van der Waals surface area (Å²) in [7, 11) is 0. The monoisotopic (exact) mass is 483 g/mol. The predicted molar refractivity (Wildman–Crippen MR) is 121 cm³/mol. The van der Waals surface area contributed by atoms with Gasteiger partial charge in [-0.1, -0.05) is 26.8 Å². The van der Waals surface area contributed by atoms with Crippen molar-refractivity contribution < 1.29 is 22.7 Å². The number of hydrogen-bond donors (Lipinski definition) is 1. The summed E-state index contributed by atoms with van der Waals surface area (Å²) in [4.78, 5) is 13.0. The third kappa shape index (κ3) is 3.62. The first-order chi connectivity index (χ1) is 16.7. The first-order valence-electron chi connectivity index (χ1n) is 11.7. The van der Waals surface area contributed by atoms with Crippen molar-refractivity contribution in [3.05, 3.63) is 58.9 Å². The van der Waals surface area contributed by atoms with Gasteiger partial charge in [0.1, 0.15) is 23.3 Å². The summed E-state index contributed by atoms with van der Waals surface area (Å²) in [5.74, 6) is -0.869. The molecule has 8 nitrogen and oxygen atoms in total. The lowest BCUT2D eigenvalue weighted by Crippen LogP contribution is -2.46. The van der Waals surface area contributed by atoms with Gasteiger partial charge in [0.25, 0.3) is 0 Å². The van der Waals surface area contributed by atoms with Gasteiger partial charge >= 0.3 is 0 Å². The molecule has 1 N–H and O–H groups in total. The van der Waals surface area contributed by atoms with Crippen molar-refractivity contribution in [2.24, 2.45) is 5.41 Å². The number of carbonyl (C=O) groups is 1. The Labute approximate surface area is 201 Å². The predicted octanol–water partition coefficient (Wildman–Crippen LogP) is 4.34. The van der Waals surface area contributed by atoms with Crippen LogP contribution in [0.3, 0.4) is 0 Å². The zero-order valence-electron chi connectivity index (χ0n) is 20.1. The second-order valence-corrected chi connectivity index (χ2v) is 9.72. The van der Waals surface area contributed by atoms with E-state index < -0.39 is 28.8 Å². The van der Waals surface area contributed by atoms with Crippen molar-refractivity contribution in [2.75, 3.05) is 0 Å². The molecule has 5 rings (SSSR count). The van der Waals surface area contributed by atoms with Gasteiger partial charge in [-0.3, -0.25) is 4.79 Å². The van der Waals surface area contributed by atoms with Crippen LogP contribution in [0.15, 0.2) is 28.7 Å². The fraction of sp³-hybridized carbons (Fsp3) is 0.480. The van der Waals surface area contributed by atoms with E-state index in [2.05, 4.69) is 39.6 Å². The summed E-state index contributed by atoms with van der Waals surface area (Å²) in [5.41, 5.74) is 0.223. The van der Waals surface area contributed by atoms with E-state index in [9.17, 15) is 13.6 Å². The lowest BCUT2D eigenvalue weighted by molar-refractivity contribution is -0.168. The summed E-state index contributed by atoms with van der Waals surface area (Å²) in [6.07, 6.45) is 1.18. The minimum atomic E-state index is -0.842. The standard InChI is InChI=1S/C25H27F2N5O3/c1-5-19(23(33)28-12-20-31-29-13(2)34-20)35-25-10-9-15(24(25,3)4)14-11-18(30-32-22(14)25)21-16(26)7-6-8-17(21)27/h6-8,11,15,19H,5,9-10,12H2,1-4H3,(H,28,33)/t15-,19+,25-/m0/s1. The summed E-state index contributed by atoms with van der Waals surface area (Å²) >= 11 is 0. The normalized spacial score (nSPS) is 22.7. The smallest absolute Gasteiger partial charge is 0.249 e.